The summed E-state index contributed by atoms with van der Waals surface area (Å²) in [4.78, 5) is 2.78. The monoisotopic (exact) mass is 294 g/mol. The summed E-state index contributed by atoms with van der Waals surface area (Å²) in [5.41, 5.74) is 0.713. The highest BCUT2D eigenvalue weighted by Gasteiger charge is 2.45. The van der Waals surface area contributed by atoms with E-state index in [2.05, 4.69) is 24.1 Å². The summed E-state index contributed by atoms with van der Waals surface area (Å²) in [7, 11) is 0. The Morgan fingerprint density at radius 2 is 1.95 bits per heavy atom. The third-order valence-electron chi connectivity index (χ3n) is 6.37. The molecule has 0 amide bonds. The molecule has 2 atom stereocenters. The van der Waals surface area contributed by atoms with Crippen molar-refractivity contribution in [3.05, 3.63) is 0 Å². The molecule has 1 spiro atoms. The van der Waals surface area contributed by atoms with Crippen LogP contribution in [0.25, 0.3) is 0 Å². The van der Waals surface area contributed by atoms with E-state index in [1.54, 1.807) is 0 Å². The Balaban J connectivity index is 1.68. The molecule has 2 heterocycles. The van der Waals surface area contributed by atoms with Gasteiger partial charge in [0.05, 0.1) is 6.10 Å². The molecule has 3 rings (SSSR count). The average Bonchev–Trinajstić information content (AvgIpc) is 2.53. The molecule has 2 saturated heterocycles. The third-order valence-corrected chi connectivity index (χ3v) is 6.37. The summed E-state index contributed by atoms with van der Waals surface area (Å²) in [5, 5.41) is 3.96. The van der Waals surface area contributed by atoms with Crippen LogP contribution in [0, 0.1) is 0 Å². The van der Waals surface area contributed by atoms with E-state index in [9.17, 15) is 0 Å². The quantitative estimate of drug-likeness (QED) is 0.864. The van der Waals surface area contributed by atoms with Crippen LogP contribution in [0.4, 0.5) is 0 Å². The summed E-state index contributed by atoms with van der Waals surface area (Å²) in [6, 6.07) is 0. The highest BCUT2D eigenvalue weighted by Crippen LogP contribution is 2.36. The molecule has 21 heavy (non-hydrogen) atoms. The van der Waals surface area contributed by atoms with Gasteiger partial charge >= 0.3 is 0 Å². The molecule has 2 unspecified atom stereocenters. The maximum atomic E-state index is 6.03. The first-order chi connectivity index (χ1) is 10.2. The molecular formula is C18H34N2O. The largest absolute Gasteiger partial charge is 0.377 e. The molecule has 0 aromatic carbocycles. The van der Waals surface area contributed by atoms with E-state index in [-0.39, 0.29) is 0 Å². The topological polar surface area (TPSA) is 24.5 Å². The van der Waals surface area contributed by atoms with E-state index in [1.165, 1.54) is 64.3 Å². The SMILES string of the molecule is CCC1(C)CNC2(CCCCC2)CN1CC1CCCCO1. The zero-order valence-corrected chi connectivity index (χ0v) is 14.1. The van der Waals surface area contributed by atoms with Gasteiger partial charge in [0.2, 0.25) is 0 Å². The zero-order chi connectivity index (χ0) is 14.8. The summed E-state index contributed by atoms with van der Waals surface area (Å²) < 4.78 is 6.03. The standard InChI is InChI=1S/C18H34N2O/c1-3-17(2)14-19-18(10-6-4-7-11-18)15-20(17)13-16-9-5-8-12-21-16/h16,19H,3-15H2,1-2H3. The Labute approximate surface area is 130 Å². The first-order valence-electron chi connectivity index (χ1n) is 9.28. The van der Waals surface area contributed by atoms with E-state index in [1.807, 2.05) is 0 Å². The van der Waals surface area contributed by atoms with Crippen LogP contribution in [-0.4, -0.2) is 48.3 Å². The van der Waals surface area contributed by atoms with E-state index in [0.29, 0.717) is 17.2 Å². The number of nitrogens with zero attached hydrogens (tertiary/aromatic N) is 1. The van der Waals surface area contributed by atoms with E-state index >= 15 is 0 Å². The second-order valence-electron chi connectivity index (χ2n) is 7.91. The maximum Gasteiger partial charge on any atom is 0.0702 e. The molecule has 1 N–H and O–H groups in total. The molecular weight excluding hydrogens is 260 g/mol. The van der Waals surface area contributed by atoms with Crippen LogP contribution in [0.2, 0.25) is 0 Å². The summed E-state index contributed by atoms with van der Waals surface area (Å²) in [6.45, 7) is 9.29. The highest BCUT2D eigenvalue weighted by molar-refractivity contribution is 5.04. The minimum Gasteiger partial charge on any atom is -0.377 e. The van der Waals surface area contributed by atoms with Gasteiger partial charge in [0.1, 0.15) is 0 Å². The molecule has 3 aliphatic rings. The molecule has 1 aliphatic carbocycles. The maximum absolute atomic E-state index is 6.03. The fraction of sp³-hybridized carbons (Fsp3) is 1.00. The van der Waals surface area contributed by atoms with Crippen LogP contribution in [0.15, 0.2) is 0 Å². The van der Waals surface area contributed by atoms with Crippen molar-refractivity contribution in [1.82, 2.24) is 10.2 Å². The molecule has 0 radical (unpaired) electrons. The second kappa shape index (κ2) is 6.55. The highest BCUT2D eigenvalue weighted by atomic mass is 16.5. The minimum absolute atomic E-state index is 0.309. The Morgan fingerprint density at radius 1 is 1.14 bits per heavy atom. The fourth-order valence-electron chi connectivity index (χ4n) is 4.50. The molecule has 2 aliphatic heterocycles. The van der Waals surface area contributed by atoms with Crippen LogP contribution < -0.4 is 5.32 Å². The molecule has 3 fully saturated rings. The van der Waals surface area contributed by atoms with Crippen molar-refractivity contribution in [3.63, 3.8) is 0 Å². The van der Waals surface area contributed by atoms with Gasteiger partial charge in [-0.1, -0.05) is 26.2 Å². The van der Waals surface area contributed by atoms with Gasteiger partial charge < -0.3 is 10.1 Å². The Morgan fingerprint density at radius 3 is 2.62 bits per heavy atom. The molecule has 0 aromatic rings. The number of hydrogen-bond acceptors (Lipinski definition) is 3. The van der Waals surface area contributed by atoms with Gasteiger partial charge in [0.25, 0.3) is 0 Å². The Hall–Kier alpha value is -0.120. The van der Waals surface area contributed by atoms with Crippen LogP contribution in [-0.2, 0) is 4.74 Å². The summed E-state index contributed by atoms with van der Waals surface area (Å²) in [6.07, 6.45) is 12.6. The molecule has 0 aromatic heterocycles. The fourth-order valence-corrected chi connectivity index (χ4v) is 4.50. The number of piperazine rings is 1. The molecule has 1 saturated carbocycles. The predicted octanol–water partition coefficient (Wildman–Crippen LogP) is 3.33. The number of nitrogens with one attached hydrogen (secondary N) is 1. The Kier molecular flexibility index (Phi) is 4.92. The van der Waals surface area contributed by atoms with Crippen molar-refractivity contribution in [2.24, 2.45) is 0 Å². The van der Waals surface area contributed by atoms with Gasteiger partial charge in [-0.2, -0.15) is 0 Å². The second-order valence-corrected chi connectivity index (χ2v) is 7.91. The third kappa shape index (κ3) is 3.46. The van der Waals surface area contributed by atoms with E-state index in [0.717, 1.165) is 19.7 Å². The van der Waals surface area contributed by atoms with Crippen LogP contribution in [0.1, 0.15) is 71.6 Å². The van der Waals surface area contributed by atoms with Gasteiger partial charge in [-0.05, 0) is 45.4 Å². The number of ether oxygens (including phenoxy) is 1. The molecule has 3 heteroatoms. The van der Waals surface area contributed by atoms with Crippen LogP contribution in [0.5, 0.6) is 0 Å². The predicted molar refractivity (Wildman–Crippen MR) is 87.7 cm³/mol. The summed E-state index contributed by atoms with van der Waals surface area (Å²) >= 11 is 0. The Bertz CT molecular complexity index is 334. The van der Waals surface area contributed by atoms with Gasteiger partial charge in [0.15, 0.2) is 0 Å². The normalized spacial score (nSPS) is 37.7. The summed E-state index contributed by atoms with van der Waals surface area (Å²) in [5.74, 6) is 0. The van der Waals surface area contributed by atoms with Gasteiger partial charge in [-0.25, -0.2) is 0 Å². The van der Waals surface area contributed by atoms with E-state index < -0.39 is 0 Å². The molecule has 122 valence electrons. The van der Waals surface area contributed by atoms with Crippen molar-refractivity contribution >= 4 is 0 Å². The average molecular weight is 294 g/mol. The van der Waals surface area contributed by atoms with Crippen LogP contribution in [0.3, 0.4) is 0 Å². The van der Waals surface area contributed by atoms with Crippen molar-refractivity contribution < 1.29 is 4.74 Å². The first kappa shape index (κ1) is 15.8. The first-order valence-corrected chi connectivity index (χ1v) is 9.28. The van der Waals surface area contributed by atoms with Crippen molar-refractivity contribution in [3.8, 4) is 0 Å². The lowest BCUT2D eigenvalue weighted by atomic mass is 9.76. The van der Waals surface area contributed by atoms with Crippen molar-refractivity contribution in [2.75, 3.05) is 26.2 Å². The van der Waals surface area contributed by atoms with Crippen molar-refractivity contribution in [2.45, 2.75) is 88.8 Å². The van der Waals surface area contributed by atoms with Crippen molar-refractivity contribution in [1.29, 1.82) is 0 Å². The van der Waals surface area contributed by atoms with E-state index in [4.69, 9.17) is 4.74 Å². The number of rotatable bonds is 3. The van der Waals surface area contributed by atoms with Gasteiger partial charge in [-0.3, -0.25) is 4.90 Å². The van der Waals surface area contributed by atoms with Gasteiger partial charge in [-0.15, -0.1) is 0 Å². The minimum atomic E-state index is 0.309. The number of hydrogen-bond donors (Lipinski definition) is 1. The van der Waals surface area contributed by atoms with Gasteiger partial charge in [0, 0.05) is 37.3 Å². The molecule has 3 nitrogen and oxygen atoms in total. The smallest absolute Gasteiger partial charge is 0.0702 e. The van der Waals surface area contributed by atoms with Crippen LogP contribution >= 0.6 is 0 Å². The lowest BCUT2D eigenvalue weighted by Crippen LogP contribution is -2.70. The molecule has 0 bridgehead atoms. The lowest BCUT2D eigenvalue weighted by Gasteiger charge is -2.55. The lowest BCUT2D eigenvalue weighted by molar-refractivity contribution is -0.0602. The zero-order valence-electron chi connectivity index (χ0n) is 14.1.